The van der Waals surface area contributed by atoms with E-state index in [0.29, 0.717) is 3.63 Å². The summed E-state index contributed by atoms with van der Waals surface area (Å²) >= 11 is -3.43. The first-order chi connectivity index (χ1) is 11.0. The third-order valence-electron chi connectivity index (χ3n) is 7.81. The van der Waals surface area contributed by atoms with E-state index in [0.717, 1.165) is 0 Å². The van der Waals surface area contributed by atoms with E-state index in [4.69, 9.17) is 0 Å². The van der Waals surface area contributed by atoms with Crippen LogP contribution in [0.1, 0.15) is 21.2 Å². The first-order valence-corrected chi connectivity index (χ1v) is 20.0. The summed E-state index contributed by atoms with van der Waals surface area (Å²) in [7, 11) is 0. The fourth-order valence-corrected chi connectivity index (χ4v) is 34.1. The van der Waals surface area contributed by atoms with E-state index < -0.39 is 17.3 Å². The molecule has 3 aliphatic rings. The number of allylic oxidation sites excluding steroid dienone is 4. The Morgan fingerprint density at radius 2 is 1.39 bits per heavy atom. The van der Waals surface area contributed by atoms with Gasteiger partial charge in [0.25, 0.3) is 0 Å². The fourth-order valence-electron chi connectivity index (χ4n) is 5.74. The average Bonchev–Trinajstić information content (AvgIpc) is 2.99. The van der Waals surface area contributed by atoms with Crippen LogP contribution in [0.15, 0.2) is 70.0 Å². The van der Waals surface area contributed by atoms with Gasteiger partial charge in [0.15, 0.2) is 0 Å². The SMILES string of the molecule is [CH3][Zr]1([CH3])([C]2=CC=CC2)([CH]2c3ccccc3-c3ccccc32)[CH2][CH2]1. The van der Waals surface area contributed by atoms with Gasteiger partial charge in [0.1, 0.15) is 0 Å². The summed E-state index contributed by atoms with van der Waals surface area (Å²) in [5, 5.41) is 0. The Morgan fingerprint density at radius 1 is 0.826 bits per heavy atom. The van der Waals surface area contributed by atoms with Gasteiger partial charge in [0.05, 0.1) is 0 Å². The van der Waals surface area contributed by atoms with Crippen molar-refractivity contribution in [2.45, 2.75) is 27.6 Å². The number of fused-ring (bicyclic) bond motifs is 3. The Bertz CT molecular complexity index is 873. The van der Waals surface area contributed by atoms with Crippen molar-refractivity contribution in [1.82, 2.24) is 0 Å². The zero-order chi connectivity index (χ0) is 15.8. The monoisotopic (exact) mass is 378 g/mol. The van der Waals surface area contributed by atoms with E-state index in [2.05, 4.69) is 76.0 Å². The predicted octanol–water partition coefficient (Wildman–Crippen LogP) is 6.77. The van der Waals surface area contributed by atoms with Gasteiger partial charge < -0.3 is 0 Å². The summed E-state index contributed by atoms with van der Waals surface area (Å²) in [5.74, 6) is 0. The Balaban J connectivity index is 1.85. The third kappa shape index (κ3) is 1.55. The van der Waals surface area contributed by atoms with Crippen LogP contribution in [0.5, 0.6) is 0 Å². The molecule has 1 aliphatic heterocycles. The van der Waals surface area contributed by atoms with Crippen molar-refractivity contribution in [3.05, 3.63) is 81.2 Å². The molecule has 1 heteroatoms. The molecule has 0 amide bonds. The number of hydrogen-bond donors (Lipinski definition) is 0. The van der Waals surface area contributed by atoms with Gasteiger partial charge in [-0.25, -0.2) is 0 Å². The topological polar surface area (TPSA) is 0 Å². The van der Waals surface area contributed by atoms with Crippen molar-refractivity contribution in [3.63, 3.8) is 0 Å². The molecular weight excluding hydrogens is 355 g/mol. The molecule has 1 fully saturated rings. The van der Waals surface area contributed by atoms with Crippen LogP contribution < -0.4 is 0 Å². The molecular formula is C22H24Zr. The molecule has 1 heterocycles. The second kappa shape index (κ2) is 3.89. The van der Waals surface area contributed by atoms with Gasteiger partial charge in [-0.1, -0.05) is 0 Å². The first-order valence-electron chi connectivity index (χ1n) is 8.94. The molecule has 0 atom stereocenters. The quantitative estimate of drug-likeness (QED) is 0.540. The van der Waals surface area contributed by atoms with Crippen molar-refractivity contribution < 1.29 is 17.3 Å². The summed E-state index contributed by atoms with van der Waals surface area (Å²) in [4.78, 5) is 0. The van der Waals surface area contributed by atoms with Gasteiger partial charge >= 0.3 is 137 Å². The first kappa shape index (κ1) is 14.2. The summed E-state index contributed by atoms with van der Waals surface area (Å²) in [6.45, 7) is 0. The van der Waals surface area contributed by atoms with Crippen LogP contribution in [0.25, 0.3) is 11.1 Å². The maximum atomic E-state index is 2.75. The molecule has 0 nitrogen and oxygen atoms in total. The molecule has 2 aromatic carbocycles. The summed E-state index contributed by atoms with van der Waals surface area (Å²) in [5.41, 5.74) is 6.20. The zero-order valence-corrected chi connectivity index (χ0v) is 16.5. The second-order valence-corrected chi connectivity index (χ2v) is 35.4. The molecule has 1 saturated heterocycles. The summed E-state index contributed by atoms with van der Waals surface area (Å²) in [6.07, 6.45) is 8.35. The standard InChI is InChI=1S/C13H9.C5H5.C2H4.2CH3.Zr/c1-3-7-12-10(5-1)9-11-6-2-4-8-13(11)12;1-2-4-5-3-1;1-2;;;/h1-9H;1-3H,4H2;1-2H2;2*1H3;. The van der Waals surface area contributed by atoms with E-state index >= 15 is 0 Å². The van der Waals surface area contributed by atoms with Crippen LogP contribution in [-0.4, -0.2) is 0 Å². The molecule has 0 spiro atoms. The molecule has 116 valence electrons. The van der Waals surface area contributed by atoms with Crippen LogP contribution in [-0.2, 0) is 17.3 Å². The second-order valence-electron chi connectivity index (χ2n) is 9.58. The molecule has 2 aromatic rings. The van der Waals surface area contributed by atoms with E-state index in [1.54, 1.807) is 11.1 Å². The van der Waals surface area contributed by atoms with Gasteiger partial charge in [0, 0.05) is 0 Å². The summed E-state index contributed by atoms with van der Waals surface area (Å²) < 4.78 is 10.9. The van der Waals surface area contributed by atoms with Crippen LogP contribution >= 0.6 is 0 Å². The molecule has 0 saturated carbocycles. The van der Waals surface area contributed by atoms with Crippen molar-refractivity contribution in [2.75, 3.05) is 0 Å². The van der Waals surface area contributed by atoms with E-state index in [-0.39, 0.29) is 0 Å². The fraction of sp³-hybridized carbons (Fsp3) is 0.273. The number of rotatable bonds is 2. The zero-order valence-electron chi connectivity index (χ0n) is 14.0. The minimum absolute atomic E-state index is 0.662. The molecule has 0 unspecified atom stereocenters. The van der Waals surface area contributed by atoms with Gasteiger partial charge in [-0.3, -0.25) is 0 Å². The Morgan fingerprint density at radius 3 is 1.87 bits per heavy atom. The summed E-state index contributed by atoms with van der Waals surface area (Å²) in [6, 6.07) is 18.4. The van der Waals surface area contributed by atoms with Gasteiger partial charge in [0.2, 0.25) is 0 Å². The van der Waals surface area contributed by atoms with Crippen molar-refractivity contribution in [2.24, 2.45) is 0 Å². The third-order valence-corrected chi connectivity index (χ3v) is 30.9. The van der Waals surface area contributed by atoms with Gasteiger partial charge in [-0.05, 0) is 0 Å². The maximum absolute atomic E-state index is 3.43. The molecule has 0 N–H and O–H groups in total. The number of benzene rings is 2. The van der Waals surface area contributed by atoms with Crippen LogP contribution in [0, 0.1) is 0 Å². The molecule has 2 aliphatic carbocycles. The number of hydrogen-bond acceptors (Lipinski definition) is 0. The van der Waals surface area contributed by atoms with Crippen LogP contribution in [0.2, 0.25) is 17.5 Å². The van der Waals surface area contributed by atoms with Gasteiger partial charge in [-0.2, -0.15) is 0 Å². The predicted molar refractivity (Wildman–Crippen MR) is 96.9 cm³/mol. The Hall–Kier alpha value is -1.20. The molecule has 0 radical (unpaired) electrons. The molecule has 0 aromatic heterocycles. The van der Waals surface area contributed by atoms with Gasteiger partial charge in [-0.15, -0.1) is 0 Å². The van der Waals surface area contributed by atoms with Crippen molar-refractivity contribution in [3.8, 4) is 11.1 Å². The Labute approximate surface area is 136 Å². The van der Waals surface area contributed by atoms with Crippen LogP contribution in [0.3, 0.4) is 0 Å². The molecule has 5 rings (SSSR count). The van der Waals surface area contributed by atoms with E-state index in [1.807, 2.05) is 3.28 Å². The normalized spacial score (nSPS) is 27.8. The molecule has 0 bridgehead atoms. The van der Waals surface area contributed by atoms with Crippen molar-refractivity contribution >= 4 is 0 Å². The Kier molecular flexibility index (Phi) is 2.40. The average molecular weight is 380 g/mol. The van der Waals surface area contributed by atoms with Crippen LogP contribution in [0.4, 0.5) is 0 Å². The van der Waals surface area contributed by atoms with E-state index in [1.165, 1.54) is 25.8 Å². The van der Waals surface area contributed by atoms with Crippen molar-refractivity contribution in [1.29, 1.82) is 0 Å². The molecule has 23 heavy (non-hydrogen) atoms. The minimum atomic E-state index is -3.43. The van der Waals surface area contributed by atoms with E-state index in [9.17, 15) is 0 Å².